The zero-order valence-electron chi connectivity index (χ0n) is 21.3. The predicted octanol–water partition coefficient (Wildman–Crippen LogP) is 4.22. The first kappa shape index (κ1) is 26.2. The van der Waals surface area contributed by atoms with Crippen LogP contribution in [-0.4, -0.2) is 41.0 Å². The van der Waals surface area contributed by atoms with Crippen LogP contribution in [0.3, 0.4) is 0 Å². The van der Waals surface area contributed by atoms with Crippen LogP contribution in [0.5, 0.6) is 0 Å². The molecule has 1 aliphatic heterocycles. The number of carbonyl (C=O) groups excluding carboxylic acids is 2. The molecule has 4 N–H and O–H groups in total. The molecular formula is C27H36N4O4S. The van der Waals surface area contributed by atoms with Crippen molar-refractivity contribution in [1.29, 1.82) is 0 Å². The Bertz CT molecular complexity index is 1110. The number of amides is 2. The van der Waals surface area contributed by atoms with Crippen molar-refractivity contribution < 1.29 is 19.5 Å². The average molecular weight is 513 g/mol. The van der Waals surface area contributed by atoms with Gasteiger partial charge in [0.25, 0.3) is 5.91 Å². The number of hydrazine groups is 1. The Morgan fingerprint density at radius 1 is 1.17 bits per heavy atom. The van der Waals surface area contributed by atoms with E-state index in [9.17, 15) is 19.5 Å². The minimum Gasteiger partial charge on any atom is -0.477 e. The lowest BCUT2D eigenvalue weighted by Gasteiger charge is -2.33. The van der Waals surface area contributed by atoms with E-state index in [2.05, 4.69) is 23.1 Å². The van der Waals surface area contributed by atoms with E-state index in [0.717, 1.165) is 36.1 Å². The number of nitrogens with one attached hydrogen (secondary N) is 3. The van der Waals surface area contributed by atoms with Gasteiger partial charge in [0.1, 0.15) is 4.88 Å². The van der Waals surface area contributed by atoms with Crippen LogP contribution in [0.2, 0.25) is 0 Å². The molecule has 0 aromatic carbocycles. The molecule has 2 unspecified atom stereocenters. The Hall–Kier alpha value is -2.91. The maximum Gasteiger partial charge on any atom is 0.348 e. The second-order valence-electron chi connectivity index (χ2n) is 10.3. The number of thiophene rings is 1. The highest BCUT2D eigenvalue weighted by atomic mass is 32.1. The third kappa shape index (κ3) is 5.57. The fourth-order valence-corrected chi connectivity index (χ4v) is 6.09. The van der Waals surface area contributed by atoms with E-state index < -0.39 is 5.97 Å². The van der Waals surface area contributed by atoms with Crippen molar-refractivity contribution in [1.82, 2.24) is 16.2 Å². The topological polar surface area (TPSA) is 111 Å². The Kier molecular flexibility index (Phi) is 8.00. The van der Waals surface area contributed by atoms with Crippen LogP contribution in [0, 0.1) is 11.8 Å². The van der Waals surface area contributed by atoms with Crippen molar-refractivity contribution >= 4 is 40.4 Å². The standard InChI is InChI=1S/C27H36N4O4S/c1-15(2)31(26(33)19-7-5-16(3)6-8-19)22-13-23(36-24(22)27(34)35)18-9-11-20(12-10-18)29-25(32)21-14-28-30-17(21)4/h9-11,13-17,19-20,28,30H,5-8,12H2,1-4H3,(H,29,32)(H,34,35). The van der Waals surface area contributed by atoms with Crippen LogP contribution < -0.4 is 21.1 Å². The van der Waals surface area contributed by atoms with Gasteiger partial charge < -0.3 is 20.7 Å². The minimum atomic E-state index is -1.02. The molecule has 2 atom stereocenters. The molecule has 1 aromatic heterocycles. The number of hydrogen-bond donors (Lipinski definition) is 4. The largest absolute Gasteiger partial charge is 0.477 e. The maximum atomic E-state index is 13.5. The van der Waals surface area contributed by atoms with Crippen LogP contribution in [0.25, 0.3) is 5.57 Å². The summed E-state index contributed by atoms with van der Waals surface area (Å²) in [6.07, 6.45) is 11.9. The first-order valence-corrected chi connectivity index (χ1v) is 13.6. The number of carbonyl (C=O) groups is 3. The maximum absolute atomic E-state index is 13.5. The summed E-state index contributed by atoms with van der Waals surface area (Å²) in [5, 5.41) is 13.0. The highest BCUT2D eigenvalue weighted by Gasteiger charge is 2.33. The molecule has 0 bridgehead atoms. The average Bonchev–Trinajstić information content (AvgIpc) is 3.47. The highest BCUT2D eigenvalue weighted by molar-refractivity contribution is 7.15. The van der Waals surface area contributed by atoms with Crippen molar-refractivity contribution in [2.24, 2.45) is 11.8 Å². The predicted molar refractivity (Wildman–Crippen MR) is 143 cm³/mol. The Labute approximate surface area is 216 Å². The third-order valence-electron chi connectivity index (χ3n) is 7.24. The van der Waals surface area contributed by atoms with Crippen molar-refractivity contribution in [2.45, 2.75) is 77.9 Å². The molecule has 2 amide bonds. The number of allylic oxidation sites excluding steroid dienone is 2. The van der Waals surface area contributed by atoms with Gasteiger partial charge in [0.15, 0.2) is 0 Å². The Morgan fingerprint density at radius 2 is 1.89 bits per heavy atom. The molecule has 2 heterocycles. The number of rotatable bonds is 7. The third-order valence-corrected chi connectivity index (χ3v) is 8.40. The van der Waals surface area contributed by atoms with Crippen molar-refractivity contribution in [3.63, 3.8) is 0 Å². The van der Waals surface area contributed by atoms with Crippen LogP contribution >= 0.6 is 11.3 Å². The minimum absolute atomic E-state index is 0.0270. The molecule has 9 heteroatoms. The van der Waals surface area contributed by atoms with E-state index in [4.69, 9.17) is 0 Å². The van der Waals surface area contributed by atoms with Gasteiger partial charge in [-0.15, -0.1) is 11.3 Å². The van der Waals surface area contributed by atoms with Gasteiger partial charge in [-0.3, -0.25) is 9.59 Å². The second-order valence-corrected chi connectivity index (χ2v) is 11.4. The van der Waals surface area contributed by atoms with Crippen molar-refractivity contribution in [3.8, 4) is 0 Å². The summed E-state index contributed by atoms with van der Waals surface area (Å²) in [5.41, 5.74) is 7.86. The lowest BCUT2D eigenvalue weighted by Crippen LogP contribution is -2.42. The molecule has 4 rings (SSSR count). The number of anilines is 1. The molecule has 36 heavy (non-hydrogen) atoms. The summed E-state index contributed by atoms with van der Waals surface area (Å²) in [6.45, 7) is 8.00. The second kappa shape index (κ2) is 11.0. The molecule has 0 spiro atoms. The lowest BCUT2D eigenvalue weighted by atomic mass is 9.82. The van der Waals surface area contributed by atoms with Crippen LogP contribution in [0.4, 0.5) is 5.69 Å². The fourth-order valence-electron chi connectivity index (χ4n) is 5.08. The first-order chi connectivity index (χ1) is 17.2. The van der Waals surface area contributed by atoms with E-state index >= 15 is 0 Å². The van der Waals surface area contributed by atoms with E-state index in [1.807, 2.05) is 45.1 Å². The van der Waals surface area contributed by atoms with E-state index in [1.54, 1.807) is 11.1 Å². The normalized spacial score (nSPS) is 25.7. The zero-order chi connectivity index (χ0) is 26.0. The summed E-state index contributed by atoms with van der Waals surface area (Å²) in [6, 6.07) is 1.49. The monoisotopic (exact) mass is 512 g/mol. The number of hydrogen-bond acceptors (Lipinski definition) is 6. The summed E-state index contributed by atoms with van der Waals surface area (Å²) in [7, 11) is 0. The number of carboxylic acid groups (broad SMARTS) is 1. The number of carboxylic acids is 1. The molecule has 3 aliphatic rings. The van der Waals surface area contributed by atoms with E-state index in [1.165, 1.54) is 11.3 Å². The van der Waals surface area contributed by atoms with Gasteiger partial charge in [-0.05, 0) is 70.4 Å². The molecule has 2 aliphatic carbocycles. The molecule has 1 fully saturated rings. The lowest BCUT2D eigenvalue weighted by molar-refractivity contribution is -0.124. The van der Waals surface area contributed by atoms with Crippen LogP contribution in [-0.2, 0) is 9.59 Å². The van der Waals surface area contributed by atoms with Crippen molar-refractivity contribution in [3.05, 3.63) is 45.8 Å². The SMILES string of the molecule is CC1CCC(C(=O)N(c2cc(C3=CCC(NC(=O)C4=CNNC4C)C=C3)sc2C(=O)O)C(C)C)CC1. The summed E-state index contributed by atoms with van der Waals surface area (Å²) < 4.78 is 0. The van der Waals surface area contributed by atoms with Gasteiger partial charge >= 0.3 is 5.97 Å². The van der Waals surface area contributed by atoms with Crippen molar-refractivity contribution in [2.75, 3.05) is 4.90 Å². The molecule has 0 radical (unpaired) electrons. The van der Waals surface area contributed by atoms with E-state index in [0.29, 0.717) is 23.6 Å². The van der Waals surface area contributed by atoms with Crippen LogP contribution in [0.15, 0.2) is 36.1 Å². The van der Waals surface area contributed by atoms with Gasteiger partial charge in [-0.25, -0.2) is 10.2 Å². The quantitative estimate of drug-likeness (QED) is 0.435. The van der Waals surface area contributed by atoms with Crippen LogP contribution in [0.1, 0.15) is 74.3 Å². The Morgan fingerprint density at radius 3 is 2.44 bits per heavy atom. The molecule has 0 saturated heterocycles. The van der Waals surface area contributed by atoms with Gasteiger partial charge in [-0.2, -0.15) is 0 Å². The van der Waals surface area contributed by atoms with Gasteiger partial charge in [0.2, 0.25) is 5.91 Å². The summed E-state index contributed by atoms with van der Waals surface area (Å²) in [4.78, 5) is 40.9. The molecule has 1 aromatic rings. The van der Waals surface area contributed by atoms with Gasteiger partial charge in [-0.1, -0.05) is 25.2 Å². The zero-order valence-corrected chi connectivity index (χ0v) is 22.2. The number of nitrogens with zero attached hydrogens (tertiary/aromatic N) is 1. The van der Waals surface area contributed by atoms with Gasteiger partial charge in [0.05, 0.1) is 23.3 Å². The smallest absolute Gasteiger partial charge is 0.348 e. The highest BCUT2D eigenvalue weighted by Crippen LogP contribution is 2.39. The number of aromatic carboxylic acids is 1. The first-order valence-electron chi connectivity index (χ1n) is 12.8. The fraction of sp³-hybridized carbons (Fsp3) is 0.519. The molecular weight excluding hydrogens is 476 g/mol. The molecule has 1 saturated carbocycles. The summed E-state index contributed by atoms with van der Waals surface area (Å²) in [5.74, 6) is -0.548. The Balaban J connectivity index is 1.51. The summed E-state index contributed by atoms with van der Waals surface area (Å²) >= 11 is 1.19. The van der Waals surface area contributed by atoms with Gasteiger partial charge in [0, 0.05) is 23.0 Å². The van der Waals surface area contributed by atoms with E-state index in [-0.39, 0.29) is 40.7 Å². The molecule has 8 nitrogen and oxygen atoms in total. The molecule has 194 valence electrons.